The molecule has 0 saturated carbocycles. The monoisotopic (exact) mass is 982 g/mol. The molecule has 0 spiro atoms. The Kier molecular flexibility index (Phi) is 15.6. The third-order valence-electron chi connectivity index (χ3n) is 12.3. The van der Waals surface area contributed by atoms with Crippen LogP contribution >= 0.6 is 0 Å². The summed E-state index contributed by atoms with van der Waals surface area (Å²) in [6.45, 7) is 33.7. The van der Waals surface area contributed by atoms with Crippen LogP contribution in [0.4, 0.5) is 0 Å². The van der Waals surface area contributed by atoms with Gasteiger partial charge in [0.05, 0.1) is 0 Å². The third-order valence-corrected chi connectivity index (χ3v) is 24.5. The first kappa shape index (κ1) is 48.3. The molecule has 0 fully saturated rings. The summed E-state index contributed by atoms with van der Waals surface area (Å²) < 4.78 is 3.79. The van der Waals surface area contributed by atoms with Crippen LogP contribution in [-0.2, 0) is 55.5 Å². The second-order valence-electron chi connectivity index (χ2n) is 21.1. The number of unbranched alkanes of at least 4 members (excludes halogenated alkanes) is 2. The Morgan fingerprint density at radius 2 is 0.897 bits per heavy atom. The number of hydrogen-bond donors (Lipinski definition) is 0. The first-order chi connectivity index (χ1) is 26.2. The molecular weight excluding hydrogens is 910 g/mol. The van der Waals surface area contributed by atoms with E-state index in [0.29, 0.717) is 3.67 Å². The molecule has 6 rings (SSSR count). The Hall–Kier alpha value is -2.32. The van der Waals surface area contributed by atoms with E-state index in [0.717, 1.165) is 19.3 Å². The van der Waals surface area contributed by atoms with Gasteiger partial charge in [0, 0.05) is 0 Å². The van der Waals surface area contributed by atoms with Crippen LogP contribution in [0.1, 0.15) is 188 Å². The first-order valence-electron chi connectivity index (χ1n) is 21.9. The van der Waals surface area contributed by atoms with Gasteiger partial charge in [0.25, 0.3) is 0 Å². The molecule has 0 bridgehead atoms. The van der Waals surface area contributed by atoms with Crippen LogP contribution in [-0.4, -0.2) is 3.26 Å². The van der Waals surface area contributed by atoms with Crippen LogP contribution in [0, 0.1) is 0 Å². The van der Waals surface area contributed by atoms with Crippen molar-refractivity contribution in [2.45, 2.75) is 167 Å². The molecule has 3 heteroatoms. The second kappa shape index (κ2) is 18.7. The minimum absolute atomic E-state index is 0. The average Bonchev–Trinajstić information content (AvgIpc) is 3.77. The Balaban J connectivity index is 0.00000372. The zero-order chi connectivity index (χ0) is 40.8. The normalized spacial score (nSPS) is 13.9. The fourth-order valence-corrected chi connectivity index (χ4v) is 22.3. The zero-order valence-electron chi connectivity index (χ0n) is 38.4. The van der Waals surface area contributed by atoms with Crippen molar-refractivity contribution in [3.8, 4) is 11.1 Å². The van der Waals surface area contributed by atoms with Crippen LogP contribution in [0.15, 0.2) is 94.4 Å². The molecule has 0 aliphatic heterocycles. The van der Waals surface area contributed by atoms with Crippen LogP contribution in [0.5, 0.6) is 0 Å². The predicted octanol–water partition coefficient (Wildman–Crippen LogP) is 9.37. The average molecular weight is 983 g/mol. The van der Waals surface area contributed by atoms with E-state index < -0.39 is 21.0 Å². The molecule has 0 amide bonds. The summed E-state index contributed by atoms with van der Waals surface area (Å²) in [6.07, 6.45) is 15.7. The summed E-state index contributed by atoms with van der Waals surface area (Å²) in [5.41, 5.74) is 18.1. The van der Waals surface area contributed by atoms with Gasteiger partial charge in [-0.2, -0.15) is 0 Å². The predicted molar refractivity (Wildman–Crippen MR) is 244 cm³/mol. The van der Waals surface area contributed by atoms with Gasteiger partial charge in [-0.25, -0.2) is 0 Å². The Labute approximate surface area is 374 Å². The number of rotatable bonds is 10. The van der Waals surface area contributed by atoms with E-state index >= 15 is 0 Å². The van der Waals surface area contributed by atoms with Crippen LogP contribution < -0.4 is 24.8 Å². The number of aryl methyl sites for hydroxylation is 2. The van der Waals surface area contributed by atoms with E-state index in [-0.39, 0.29) is 46.5 Å². The first-order valence-corrected chi connectivity index (χ1v) is 27.6. The summed E-state index contributed by atoms with van der Waals surface area (Å²) in [5.74, 6) is 0. The van der Waals surface area contributed by atoms with Gasteiger partial charge in [0.1, 0.15) is 0 Å². The van der Waals surface area contributed by atoms with Crippen LogP contribution in [0.25, 0.3) is 11.1 Å². The maximum absolute atomic E-state index is 3.16. The molecule has 0 saturated heterocycles. The summed E-state index contributed by atoms with van der Waals surface area (Å²) in [5, 5.41) is 0. The van der Waals surface area contributed by atoms with Crippen molar-refractivity contribution in [2.75, 3.05) is 0 Å². The number of halogens is 2. The SMILES string of the molecule is CCCCc1ccc([C](c2ccc(CCCC)cc2)=[Hf+2]([C]2=CC=CC2)[CH]2c3cc(C(C)(C)C)c(C(C)(C)C)cc3-c3cc(C(C)(C)C)c(C(C)(C)C)cc32)cc1.[Cl-].[Cl-]. The summed E-state index contributed by atoms with van der Waals surface area (Å²) >= 11 is -3.16. The quantitative estimate of drug-likeness (QED) is 0.139. The summed E-state index contributed by atoms with van der Waals surface area (Å²) in [4.78, 5) is 0. The van der Waals surface area contributed by atoms with Gasteiger partial charge in [-0.3, -0.25) is 0 Å². The molecule has 0 N–H and O–H groups in total. The van der Waals surface area contributed by atoms with Gasteiger partial charge in [0.15, 0.2) is 0 Å². The van der Waals surface area contributed by atoms with Crippen molar-refractivity contribution in [3.05, 3.63) is 150 Å². The van der Waals surface area contributed by atoms with Crippen molar-refractivity contribution < 1.29 is 45.8 Å². The third kappa shape index (κ3) is 10.2. The molecule has 4 aromatic carbocycles. The van der Waals surface area contributed by atoms with Crippen LogP contribution in [0.2, 0.25) is 0 Å². The second-order valence-corrected chi connectivity index (χ2v) is 30.3. The van der Waals surface area contributed by atoms with E-state index in [4.69, 9.17) is 0 Å². The summed E-state index contributed by atoms with van der Waals surface area (Å²) in [6, 6.07) is 30.6. The number of hydrogen-bond acceptors (Lipinski definition) is 0. The molecular formula is C55H72Cl2Hf. The Morgan fingerprint density at radius 3 is 1.21 bits per heavy atom. The van der Waals surface area contributed by atoms with E-state index in [1.54, 1.807) is 17.7 Å². The van der Waals surface area contributed by atoms with Gasteiger partial charge in [0.2, 0.25) is 0 Å². The molecule has 0 radical (unpaired) electrons. The molecule has 2 aliphatic carbocycles. The molecule has 0 atom stereocenters. The molecule has 4 aromatic rings. The minimum Gasteiger partial charge on any atom is -1.00 e. The van der Waals surface area contributed by atoms with Gasteiger partial charge in [-0.1, -0.05) is 0 Å². The number of fused-ring (bicyclic) bond motifs is 3. The molecule has 0 heterocycles. The number of benzene rings is 4. The number of allylic oxidation sites excluding steroid dienone is 4. The van der Waals surface area contributed by atoms with Gasteiger partial charge in [-0.05, 0) is 0 Å². The largest absolute Gasteiger partial charge is 1.00 e. The Bertz CT molecular complexity index is 2010. The van der Waals surface area contributed by atoms with Crippen molar-refractivity contribution in [1.82, 2.24) is 0 Å². The van der Waals surface area contributed by atoms with E-state index in [1.165, 1.54) is 81.3 Å². The van der Waals surface area contributed by atoms with Crippen molar-refractivity contribution >= 4 is 3.26 Å². The fourth-order valence-electron chi connectivity index (χ4n) is 9.19. The zero-order valence-corrected chi connectivity index (χ0v) is 43.5. The fraction of sp³-hybridized carbons (Fsp3) is 0.473. The van der Waals surface area contributed by atoms with E-state index in [2.05, 4.69) is 188 Å². The molecule has 0 aromatic heterocycles. The topological polar surface area (TPSA) is 0 Å². The van der Waals surface area contributed by atoms with Crippen molar-refractivity contribution in [1.29, 1.82) is 0 Å². The van der Waals surface area contributed by atoms with E-state index in [1.807, 2.05) is 0 Å². The standard InChI is InChI=1S/C29H41.C21H26.C5H5.2ClH.Hf/c1-26(2,3)22-14-18-13-19-15-23(27(4,5)6)25(29(10,11)12)17-21(19)20(18)16-24(22)28(7,8)9;1-3-5-7-18-9-13-20(14-10-18)17-21-15-11-19(12-16-21)8-6-4-2;1-2-4-5-3-1;;;/h13-17H,1-12H3;9-16H,3-8H2,1-2H3;1-3H,4H2;2*1H;/q;;;;;+2/p-2. The molecule has 0 nitrogen and oxygen atoms in total. The van der Waals surface area contributed by atoms with Crippen LogP contribution in [0.3, 0.4) is 0 Å². The van der Waals surface area contributed by atoms with Crippen molar-refractivity contribution in [3.63, 3.8) is 0 Å². The molecule has 310 valence electrons. The smallest absolute Gasteiger partial charge is 1.00 e. The molecule has 0 unspecified atom stereocenters. The maximum Gasteiger partial charge on any atom is -1.00 e. The van der Waals surface area contributed by atoms with Gasteiger partial charge >= 0.3 is 353 Å². The maximum atomic E-state index is 2.72. The Morgan fingerprint density at radius 1 is 0.534 bits per heavy atom. The molecule has 2 aliphatic rings. The summed E-state index contributed by atoms with van der Waals surface area (Å²) in [7, 11) is 0. The van der Waals surface area contributed by atoms with E-state index in [9.17, 15) is 0 Å². The van der Waals surface area contributed by atoms with Crippen molar-refractivity contribution in [2.24, 2.45) is 0 Å². The van der Waals surface area contributed by atoms with Gasteiger partial charge < -0.3 is 24.8 Å². The molecule has 58 heavy (non-hydrogen) atoms. The van der Waals surface area contributed by atoms with Gasteiger partial charge in [-0.15, -0.1) is 0 Å². The minimum atomic E-state index is -3.16.